The van der Waals surface area contributed by atoms with Gasteiger partial charge >= 0.3 is 6.61 Å². The highest BCUT2D eigenvalue weighted by atomic mass is 19.3. The van der Waals surface area contributed by atoms with Crippen molar-refractivity contribution in [1.82, 2.24) is 5.32 Å². The Morgan fingerprint density at radius 3 is 2.74 bits per heavy atom. The lowest BCUT2D eigenvalue weighted by molar-refractivity contribution is -0.123. The Labute approximate surface area is 109 Å². The van der Waals surface area contributed by atoms with Crippen molar-refractivity contribution in [2.75, 3.05) is 13.7 Å². The second-order valence-corrected chi connectivity index (χ2v) is 3.77. The molecule has 0 fully saturated rings. The molecule has 1 aromatic carbocycles. The first-order chi connectivity index (χ1) is 9.04. The summed E-state index contributed by atoms with van der Waals surface area (Å²) >= 11 is 0. The maximum absolute atomic E-state index is 12.2. The molecule has 0 aliphatic rings. The zero-order valence-electron chi connectivity index (χ0n) is 10.4. The molecule has 0 bridgehead atoms. The van der Waals surface area contributed by atoms with Crippen LogP contribution in [0.15, 0.2) is 24.3 Å². The van der Waals surface area contributed by atoms with Gasteiger partial charge < -0.3 is 20.5 Å². The van der Waals surface area contributed by atoms with Gasteiger partial charge in [-0.2, -0.15) is 8.78 Å². The van der Waals surface area contributed by atoms with Crippen molar-refractivity contribution < 1.29 is 23.0 Å². The summed E-state index contributed by atoms with van der Waals surface area (Å²) in [5.41, 5.74) is 5.97. The summed E-state index contributed by atoms with van der Waals surface area (Å²) in [7, 11) is 1.43. The molecule has 1 rings (SSSR count). The fourth-order valence-electron chi connectivity index (χ4n) is 1.43. The molecule has 1 unspecified atom stereocenters. The standard InChI is InChI=1S/C12H16F2N2O3/c1-18-7-9(15)11(17)16-6-8-4-2-3-5-10(8)19-12(13)14/h2-5,9,12H,6-7,15H2,1H3,(H,16,17). The number of alkyl halides is 2. The third-order valence-corrected chi connectivity index (χ3v) is 2.32. The molecule has 1 amide bonds. The van der Waals surface area contributed by atoms with Gasteiger partial charge in [0.2, 0.25) is 5.91 Å². The van der Waals surface area contributed by atoms with Gasteiger partial charge in [0.05, 0.1) is 6.61 Å². The van der Waals surface area contributed by atoms with Gasteiger partial charge in [0.15, 0.2) is 0 Å². The maximum Gasteiger partial charge on any atom is 0.387 e. The van der Waals surface area contributed by atoms with Crippen LogP contribution in [-0.4, -0.2) is 32.3 Å². The van der Waals surface area contributed by atoms with Crippen LogP contribution in [0.4, 0.5) is 8.78 Å². The monoisotopic (exact) mass is 274 g/mol. The fourth-order valence-corrected chi connectivity index (χ4v) is 1.43. The lowest BCUT2D eigenvalue weighted by Gasteiger charge is -2.13. The number of benzene rings is 1. The third-order valence-electron chi connectivity index (χ3n) is 2.32. The second-order valence-electron chi connectivity index (χ2n) is 3.77. The van der Waals surface area contributed by atoms with Gasteiger partial charge in [0.1, 0.15) is 11.8 Å². The Morgan fingerprint density at radius 2 is 2.11 bits per heavy atom. The van der Waals surface area contributed by atoms with Gasteiger partial charge in [-0.3, -0.25) is 4.79 Å². The minimum Gasteiger partial charge on any atom is -0.434 e. The van der Waals surface area contributed by atoms with Crippen LogP contribution in [0.1, 0.15) is 5.56 Å². The van der Waals surface area contributed by atoms with Crippen molar-refractivity contribution in [1.29, 1.82) is 0 Å². The first-order valence-electron chi connectivity index (χ1n) is 5.59. The zero-order valence-corrected chi connectivity index (χ0v) is 10.4. The number of nitrogens with one attached hydrogen (secondary N) is 1. The van der Waals surface area contributed by atoms with E-state index in [1.54, 1.807) is 18.2 Å². The number of carbonyl (C=O) groups excluding carboxylic acids is 1. The van der Waals surface area contributed by atoms with Gasteiger partial charge in [-0.15, -0.1) is 0 Å². The zero-order chi connectivity index (χ0) is 14.3. The van der Waals surface area contributed by atoms with Crippen molar-refractivity contribution in [3.63, 3.8) is 0 Å². The molecule has 1 atom stereocenters. The van der Waals surface area contributed by atoms with Gasteiger partial charge in [0, 0.05) is 19.2 Å². The Balaban J connectivity index is 2.59. The number of hydrogen-bond acceptors (Lipinski definition) is 4. The van der Waals surface area contributed by atoms with Gasteiger partial charge in [-0.1, -0.05) is 18.2 Å². The molecule has 0 aromatic heterocycles. The number of ether oxygens (including phenoxy) is 2. The molecule has 0 aliphatic carbocycles. The Hall–Kier alpha value is -1.73. The second kappa shape index (κ2) is 7.65. The van der Waals surface area contributed by atoms with E-state index in [1.807, 2.05) is 0 Å². The molecule has 0 aliphatic heterocycles. The third kappa shape index (κ3) is 5.19. The highest BCUT2D eigenvalue weighted by Crippen LogP contribution is 2.19. The molecule has 106 valence electrons. The molecule has 19 heavy (non-hydrogen) atoms. The van der Waals surface area contributed by atoms with Gasteiger partial charge in [0.25, 0.3) is 0 Å². The number of rotatable bonds is 7. The molecule has 0 heterocycles. The highest BCUT2D eigenvalue weighted by molar-refractivity contribution is 5.81. The lowest BCUT2D eigenvalue weighted by Crippen LogP contribution is -2.43. The van der Waals surface area contributed by atoms with Crippen molar-refractivity contribution >= 4 is 5.91 Å². The molecule has 0 radical (unpaired) electrons. The van der Waals surface area contributed by atoms with E-state index in [2.05, 4.69) is 10.1 Å². The first kappa shape index (κ1) is 15.3. The van der Waals surface area contributed by atoms with E-state index >= 15 is 0 Å². The van der Waals surface area contributed by atoms with E-state index in [1.165, 1.54) is 13.2 Å². The van der Waals surface area contributed by atoms with E-state index in [0.717, 1.165) is 0 Å². The van der Waals surface area contributed by atoms with Crippen molar-refractivity contribution in [3.05, 3.63) is 29.8 Å². The Morgan fingerprint density at radius 1 is 1.42 bits per heavy atom. The van der Waals surface area contributed by atoms with Crippen LogP contribution < -0.4 is 15.8 Å². The predicted molar refractivity (Wildman–Crippen MR) is 64.8 cm³/mol. The van der Waals surface area contributed by atoms with Gasteiger partial charge in [-0.05, 0) is 6.07 Å². The number of methoxy groups -OCH3 is 1. The van der Waals surface area contributed by atoms with E-state index in [9.17, 15) is 13.6 Å². The molecular formula is C12H16F2N2O3. The smallest absolute Gasteiger partial charge is 0.387 e. The molecular weight excluding hydrogens is 258 g/mol. The van der Waals surface area contributed by atoms with Crippen LogP contribution in [0.3, 0.4) is 0 Å². The Bertz CT molecular complexity index is 416. The minimum absolute atomic E-state index is 0.0260. The van der Waals surface area contributed by atoms with E-state index in [4.69, 9.17) is 10.5 Å². The first-order valence-corrected chi connectivity index (χ1v) is 5.59. The highest BCUT2D eigenvalue weighted by Gasteiger charge is 2.14. The quantitative estimate of drug-likeness (QED) is 0.774. The van der Waals surface area contributed by atoms with Crippen LogP contribution in [0.5, 0.6) is 5.75 Å². The average molecular weight is 274 g/mol. The van der Waals surface area contributed by atoms with Crippen molar-refractivity contribution in [3.8, 4) is 5.75 Å². The summed E-state index contributed by atoms with van der Waals surface area (Å²) in [5, 5.41) is 2.53. The molecule has 3 N–H and O–H groups in total. The summed E-state index contributed by atoms with van der Waals surface area (Å²) in [5.74, 6) is -0.396. The van der Waals surface area contributed by atoms with E-state index < -0.39 is 18.6 Å². The summed E-state index contributed by atoms with van der Waals surface area (Å²) < 4.78 is 33.5. The van der Waals surface area contributed by atoms with Crippen LogP contribution in [0, 0.1) is 0 Å². The van der Waals surface area contributed by atoms with Crippen LogP contribution in [0.2, 0.25) is 0 Å². The SMILES string of the molecule is COCC(N)C(=O)NCc1ccccc1OC(F)F. The fraction of sp³-hybridized carbons (Fsp3) is 0.417. The largest absolute Gasteiger partial charge is 0.434 e. The minimum atomic E-state index is -2.91. The molecule has 7 heteroatoms. The number of carbonyl (C=O) groups is 1. The molecule has 1 aromatic rings. The van der Waals surface area contributed by atoms with E-state index in [0.29, 0.717) is 5.56 Å². The Kier molecular flexibility index (Phi) is 6.17. The molecule has 5 nitrogen and oxygen atoms in total. The number of hydrogen-bond donors (Lipinski definition) is 2. The van der Waals surface area contributed by atoms with Crippen molar-refractivity contribution in [2.45, 2.75) is 19.2 Å². The summed E-state index contributed by atoms with van der Waals surface area (Å²) in [6.45, 7) is -2.77. The summed E-state index contributed by atoms with van der Waals surface area (Å²) in [6, 6.07) is 5.42. The number of nitrogens with two attached hydrogens (primary N) is 1. The topological polar surface area (TPSA) is 73.6 Å². The van der Waals surface area contributed by atoms with Gasteiger partial charge in [-0.25, -0.2) is 0 Å². The number of para-hydroxylation sites is 1. The maximum atomic E-state index is 12.2. The number of halogens is 2. The summed E-state index contributed by atoms with van der Waals surface area (Å²) in [6.07, 6.45) is 0. The van der Waals surface area contributed by atoms with Crippen LogP contribution in [0.25, 0.3) is 0 Å². The van der Waals surface area contributed by atoms with Crippen LogP contribution >= 0.6 is 0 Å². The normalized spacial score (nSPS) is 12.3. The van der Waals surface area contributed by atoms with Crippen molar-refractivity contribution in [2.24, 2.45) is 5.73 Å². The van der Waals surface area contributed by atoms with E-state index in [-0.39, 0.29) is 18.9 Å². The number of amides is 1. The van der Waals surface area contributed by atoms with Crippen LogP contribution in [-0.2, 0) is 16.1 Å². The predicted octanol–water partition coefficient (Wildman–Crippen LogP) is 0.878. The molecule has 0 spiro atoms. The molecule has 0 saturated carbocycles. The lowest BCUT2D eigenvalue weighted by atomic mass is 10.2. The average Bonchev–Trinajstić information content (AvgIpc) is 2.37. The summed E-state index contributed by atoms with van der Waals surface area (Å²) in [4.78, 5) is 11.5. The molecule has 0 saturated heterocycles.